The number of anilines is 1. The Morgan fingerprint density at radius 2 is 1.92 bits per heavy atom. The number of rotatable bonds is 4. The third kappa shape index (κ3) is 4.95. The number of furan rings is 1. The van der Waals surface area contributed by atoms with Gasteiger partial charge in [0.1, 0.15) is 0 Å². The van der Waals surface area contributed by atoms with E-state index in [-0.39, 0.29) is 5.76 Å². The number of halogens is 1. The predicted octanol–water partition coefficient (Wildman–Crippen LogP) is 3.16. The summed E-state index contributed by atoms with van der Waals surface area (Å²) in [4.78, 5) is 35.0. The highest BCUT2D eigenvalue weighted by molar-refractivity contribution is 9.10. The number of esters is 1. The summed E-state index contributed by atoms with van der Waals surface area (Å²) in [5, 5.41) is 4.63. The lowest BCUT2D eigenvalue weighted by molar-refractivity contribution is -0.123. The van der Waals surface area contributed by atoms with Gasteiger partial charge in [-0.3, -0.25) is 10.1 Å². The van der Waals surface area contributed by atoms with Gasteiger partial charge in [0.05, 0.1) is 0 Å². The number of urea groups is 1. The Bertz CT molecular complexity index is 785. The first-order valence-electron chi connectivity index (χ1n) is 6.95. The number of carbonyl (C=O) groups is 3. The fraction of sp³-hybridized carbons (Fsp3) is 0.188. The topological polar surface area (TPSA) is 97.6 Å². The van der Waals surface area contributed by atoms with Crippen LogP contribution < -0.4 is 10.6 Å². The Morgan fingerprint density at radius 3 is 2.54 bits per heavy atom. The van der Waals surface area contributed by atoms with E-state index in [1.807, 2.05) is 26.0 Å². The van der Waals surface area contributed by atoms with E-state index >= 15 is 0 Å². The maximum Gasteiger partial charge on any atom is 0.374 e. The molecule has 2 N–H and O–H groups in total. The van der Waals surface area contributed by atoms with E-state index in [0.717, 1.165) is 11.1 Å². The molecule has 0 aliphatic rings. The summed E-state index contributed by atoms with van der Waals surface area (Å²) in [5.41, 5.74) is 2.52. The van der Waals surface area contributed by atoms with Gasteiger partial charge in [-0.1, -0.05) is 17.7 Å². The normalized spacial score (nSPS) is 10.1. The fourth-order valence-corrected chi connectivity index (χ4v) is 2.20. The number of carbonyl (C=O) groups excluding carboxylic acids is 3. The van der Waals surface area contributed by atoms with Crippen molar-refractivity contribution in [2.24, 2.45) is 0 Å². The summed E-state index contributed by atoms with van der Waals surface area (Å²) in [6.07, 6.45) is 0. The lowest BCUT2D eigenvalue weighted by Crippen LogP contribution is -2.37. The van der Waals surface area contributed by atoms with Crippen molar-refractivity contribution in [2.45, 2.75) is 13.8 Å². The third-order valence-corrected chi connectivity index (χ3v) is 3.42. The molecule has 126 valence electrons. The molecule has 1 heterocycles. The van der Waals surface area contributed by atoms with Crippen LogP contribution in [0, 0.1) is 13.8 Å². The van der Waals surface area contributed by atoms with Gasteiger partial charge in [0.2, 0.25) is 5.76 Å². The van der Waals surface area contributed by atoms with Crippen molar-refractivity contribution >= 4 is 39.5 Å². The molecular formula is C16H15BrN2O5. The summed E-state index contributed by atoms with van der Waals surface area (Å²) < 4.78 is 10.1. The Morgan fingerprint density at radius 1 is 1.17 bits per heavy atom. The number of ether oxygens (including phenoxy) is 1. The van der Waals surface area contributed by atoms with Gasteiger partial charge in [-0.15, -0.1) is 0 Å². The van der Waals surface area contributed by atoms with E-state index in [2.05, 4.69) is 26.6 Å². The molecule has 0 saturated carbocycles. The van der Waals surface area contributed by atoms with Crippen LogP contribution in [0.15, 0.2) is 39.4 Å². The Labute approximate surface area is 146 Å². The number of aryl methyl sites for hydroxylation is 2. The van der Waals surface area contributed by atoms with Crippen molar-refractivity contribution in [2.75, 3.05) is 11.9 Å². The van der Waals surface area contributed by atoms with Gasteiger partial charge in [0.25, 0.3) is 5.91 Å². The molecule has 0 bridgehead atoms. The Balaban J connectivity index is 1.81. The molecule has 0 aliphatic heterocycles. The van der Waals surface area contributed by atoms with Crippen LogP contribution >= 0.6 is 15.9 Å². The summed E-state index contributed by atoms with van der Waals surface area (Å²) in [5.74, 6) is -1.60. The zero-order valence-corrected chi connectivity index (χ0v) is 14.6. The van der Waals surface area contributed by atoms with Gasteiger partial charge in [-0.05, 0) is 53.5 Å². The molecule has 0 saturated heterocycles. The Kier molecular flexibility index (Phi) is 5.75. The van der Waals surface area contributed by atoms with Crippen LogP contribution in [0.3, 0.4) is 0 Å². The minimum absolute atomic E-state index is 0.0468. The van der Waals surface area contributed by atoms with E-state index in [1.165, 1.54) is 12.1 Å². The summed E-state index contributed by atoms with van der Waals surface area (Å²) in [7, 11) is 0. The van der Waals surface area contributed by atoms with E-state index in [4.69, 9.17) is 9.15 Å². The molecule has 0 unspecified atom stereocenters. The monoisotopic (exact) mass is 394 g/mol. The number of nitrogens with one attached hydrogen (secondary N) is 2. The third-order valence-electron chi connectivity index (χ3n) is 2.99. The first kappa shape index (κ1) is 17.7. The first-order chi connectivity index (χ1) is 11.3. The number of hydrogen-bond donors (Lipinski definition) is 2. The van der Waals surface area contributed by atoms with Gasteiger partial charge < -0.3 is 14.5 Å². The SMILES string of the molecule is Cc1ccc(NC(=O)NC(=O)COC(=O)c2ccc(Br)o2)c(C)c1. The minimum Gasteiger partial charge on any atom is -0.450 e. The molecule has 0 atom stereocenters. The van der Waals surface area contributed by atoms with Gasteiger partial charge in [-0.25, -0.2) is 9.59 Å². The quantitative estimate of drug-likeness (QED) is 0.776. The summed E-state index contributed by atoms with van der Waals surface area (Å²) in [6.45, 7) is 3.18. The molecule has 8 heteroatoms. The van der Waals surface area contributed by atoms with Crippen molar-refractivity contribution in [1.29, 1.82) is 0 Å². The van der Waals surface area contributed by atoms with Crippen LogP contribution in [0.1, 0.15) is 21.7 Å². The van der Waals surface area contributed by atoms with Crippen LogP contribution in [0.25, 0.3) is 0 Å². The van der Waals surface area contributed by atoms with Gasteiger partial charge in [0, 0.05) is 5.69 Å². The average Bonchev–Trinajstić information content (AvgIpc) is 2.94. The number of amides is 3. The molecule has 2 aromatic rings. The summed E-state index contributed by atoms with van der Waals surface area (Å²) >= 11 is 3.05. The zero-order chi connectivity index (χ0) is 17.7. The number of hydrogen-bond acceptors (Lipinski definition) is 5. The van der Waals surface area contributed by atoms with Crippen molar-refractivity contribution in [1.82, 2.24) is 5.32 Å². The van der Waals surface area contributed by atoms with E-state index in [0.29, 0.717) is 10.4 Å². The maximum atomic E-state index is 11.8. The molecule has 0 fully saturated rings. The van der Waals surface area contributed by atoms with Gasteiger partial charge >= 0.3 is 12.0 Å². The second-order valence-corrected chi connectivity index (χ2v) is 5.78. The van der Waals surface area contributed by atoms with E-state index in [9.17, 15) is 14.4 Å². The van der Waals surface area contributed by atoms with Crippen LogP contribution in [0.2, 0.25) is 0 Å². The fourth-order valence-electron chi connectivity index (χ4n) is 1.90. The Hall–Kier alpha value is -2.61. The van der Waals surface area contributed by atoms with Crippen LogP contribution in [-0.4, -0.2) is 24.5 Å². The largest absolute Gasteiger partial charge is 0.450 e. The average molecular weight is 395 g/mol. The molecule has 1 aromatic heterocycles. The maximum absolute atomic E-state index is 11.8. The van der Waals surface area contributed by atoms with Crippen molar-refractivity contribution < 1.29 is 23.5 Å². The number of benzene rings is 1. The summed E-state index contributed by atoms with van der Waals surface area (Å²) in [6, 6.07) is 7.70. The van der Waals surface area contributed by atoms with Gasteiger partial charge in [-0.2, -0.15) is 0 Å². The van der Waals surface area contributed by atoms with Gasteiger partial charge in [0.15, 0.2) is 11.3 Å². The van der Waals surface area contributed by atoms with E-state index < -0.39 is 24.5 Å². The van der Waals surface area contributed by atoms with Crippen LogP contribution in [0.5, 0.6) is 0 Å². The van der Waals surface area contributed by atoms with Crippen LogP contribution in [0.4, 0.5) is 10.5 Å². The highest BCUT2D eigenvalue weighted by Gasteiger charge is 2.15. The van der Waals surface area contributed by atoms with Crippen LogP contribution in [-0.2, 0) is 9.53 Å². The molecule has 7 nitrogen and oxygen atoms in total. The first-order valence-corrected chi connectivity index (χ1v) is 7.75. The molecule has 1 aromatic carbocycles. The number of imide groups is 1. The van der Waals surface area contributed by atoms with Crippen molar-refractivity contribution in [3.05, 3.63) is 51.9 Å². The second kappa shape index (κ2) is 7.78. The lowest BCUT2D eigenvalue weighted by Gasteiger charge is -2.10. The molecule has 0 radical (unpaired) electrons. The standard InChI is InChI=1S/C16H15BrN2O5/c1-9-3-4-11(10(2)7-9)18-16(22)19-14(20)8-23-15(21)12-5-6-13(17)24-12/h3-7H,8H2,1-2H3,(H2,18,19,20,22). The van der Waals surface area contributed by atoms with Crippen molar-refractivity contribution in [3.8, 4) is 0 Å². The minimum atomic E-state index is -0.800. The molecule has 24 heavy (non-hydrogen) atoms. The molecule has 0 aliphatic carbocycles. The highest BCUT2D eigenvalue weighted by Crippen LogP contribution is 2.16. The van der Waals surface area contributed by atoms with E-state index in [1.54, 1.807) is 6.07 Å². The highest BCUT2D eigenvalue weighted by atomic mass is 79.9. The zero-order valence-electron chi connectivity index (χ0n) is 13.0. The molecule has 0 spiro atoms. The molecule has 3 amide bonds. The molecule has 2 rings (SSSR count). The predicted molar refractivity (Wildman–Crippen MR) is 89.8 cm³/mol. The lowest BCUT2D eigenvalue weighted by atomic mass is 10.1. The molecular weight excluding hydrogens is 380 g/mol. The second-order valence-electron chi connectivity index (χ2n) is 5.00. The smallest absolute Gasteiger partial charge is 0.374 e. The van der Waals surface area contributed by atoms with Crippen molar-refractivity contribution in [3.63, 3.8) is 0 Å².